The number of aliphatic carboxylic acids is 2. The number of allylic oxidation sites excluding steroid dienone is 2. The summed E-state index contributed by atoms with van der Waals surface area (Å²) in [4.78, 5) is 20.9. The molecule has 1 fully saturated rings. The van der Waals surface area contributed by atoms with Gasteiger partial charge in [-0.1, -0.05) is 12.2 Å². The first-order chi connectivity index (χ1) is 14.2. The molecule has 1 saturated heterocycles. The smallest absolute Gasteiger partial charge is 0.414 e. The fourth-order valence-corrected chi connectivity index (χ4v) is 4.86. The number of nitrogens with zero attached hydrogens (tertiary/aromatic N) is 2. The lowest BCUT2D eigenvalue weighted by atomic mass is 9.94. The Morgan fingerprint density at radius 1 is 1.03 bits per heavy atom. The van der Waals surface area contributed by atoms with Crippen molar-refractivity contribution in [1.29, 1.82) is 0 Å². The summed E-state index contributed by atoms with van der Waals surface area (Å²) in [6, 6.07) is 6.63. The van der Waals surface area contributed by atoms with Crippen LogP contribution in [0, 0.1) is 5.92 Å². The van der Waals surface area contributed by atoms with Crippen LogP contribution in [0.15, 0.2) is 41.3 Å². The molecule has 2 aliphatic rings. The van der Waals surface area contributed by atoms with Gasteiger partial charge in [0.25, 0.3) is 0 Å². The number of sulfonamides is 1. The van der Waals surface area contributed by atoms with Gasteiger partial charge in [0.15, 0.2) is 0 Å². The monoisotopic (exact) mass is 440 g/mol. The zero-order valence-electron chi connectivity index (χ0n) is 16.9. The minimum atomic E-state index is -3.40. The summed E-state index contributed by atoms with van der Waals surface area (Å²) in [6.45, 7) is 3.85. The van der Waals surface area contributed by atoms with Crippen molar-refractivity contribution in [3.8, 4) is 5.75 Å². The highest BCUT2D eigenvalue weighted by atomic mass is 32.2. The van der Waals surface area contributed by atoms with E-state index in [0.717, 1.165) is 32.0 Å². The Bertz CT molecular complexity index is 832. The van der Waals surface area contributed by atoms with E-state index in [4.69, 9.17) is 24.5 Å². The van der Waals surface area contributed by atoms with E-state index in [0.29, 0.717) is 23.7 Å². The summed E-state index contributed by atoms with van der Waals surface area (Å²) in [7, 11) is -1.83. The molecular weight excluding hydrogens is 412 g/mol. The van der Waals surface area contributed by atoms with Crippen LogP contribution in [-0.2, 0) is 19.6 Å². The van der Waals surface area contributed by atoms with Crippen molar-refractivity contribution >= 4 is 22.0 Å². The van der Waals surface area contributed by atoms with Crippen LogP contribution in [0.2, 0.25) is 0 Å². The standard InChI is InChI=1S/C18H26N2O3S.C2H2O4/c1-23-17-7-9-18(10-8-17)24(21,22)20-13-11-19(12-14-20)15-16-5-3-2-4-6-16;3-1(4)2(5)6/h2-3,7-10,16H,4-6,11-15H2,1H3;(H,3,4)(H,5,6). The molecule has 0 aromatic heterocycles. The molecule has 10 heteroatoms. The van der Waals surface area contributed by atoms with Gasteiger partial charge in [-0.05, 0) is 49.4 Å². The van der Waals surface area contributed by atoms with Crippen molar-refractivity contribution in [3.63, 3.8) is 0 Å². The molecule has 1 aliphatic carbocycles. The number of carboxylic acid groups (broad SMARTS) is 2. The Morgan fingerprint density at radius 2 is 1.63 bits per heavy atom. The van der Waals surface area contributed by atoms with Gasteiger partial charge in [-0.25, -0.2) is 18.0 Å². The normalized spacial score (nSPS) is 20.1. The SMILES string of the molecule is COc1ccc(S(=O)(=O)N2CCN(CC3CC=CCC3)CC2)cc1.O=C(O)C(=O)O. The second-order valence-corrected chi connectivity index (χ2v) is 9.08. The molecule has 1 aliphatic heterocycles. The molecule has 30 heavy (non-hydrogen) atoms. The number of piperazine rings is 1. The van der Waals surface area contributed by atoms with E-state index in [2.05, 4.69) is 17.1 Å². The summed E-state index contributed by atoms with van der Waals surface area (Å²) < 4.78 is 32.2. The van der Waals surface area contributed by atoms with Crippen LogP contribution in [0.25, 0.3) is 0 Å². The number of carbonyl (C=O) groups is 2. The van der Waals surface area contributed by atoms with Gasteiger partial charge in [-0.3, -0.25) is 0 Å². The number of methoxy groups -OCH3 is 1. The van der Waals surface area contributed by atoms with Crippen molar-refractivity contribution in [1.82, 2.24) is 9.21 Å². The van der Waals surface area contributed by atoms with Gasteiger partial charge in [-0.15, -0.1) is 0 Å². The first-order valence-corrected chi connectivity index (χ1v) is 11.2. The molecule has 1 unspecified atom stereocenters. The Hall–Kier alpha value is -2.43. The van der Waals surface area contributed by atoms with Gasteiger partial charge in [-0.2, -0.15) is 4.31 Å². The summed E-state index contributed by atoms with van der Waals surface area (Å²) in [5.41, 5.74) is 0. The van der Waals surface area contributed by atoms with E-state index in [9.17, 15) is 8.42 Å². The van der Waals surface area contributed by atoms with Gasteiger partial charge in [0.1, 0.15) is 5.75 Å². The molecule has 2 N–H and O–H groups in total. The number of hydrogen-bond donors (Lipinski definition) is 2. The van der Waals surface area contributed by atoms with Gasteiger partial charge in [0.2, 0.25) is 10.0 Å². The minimum Gasteiger partial charge on any atom is -0.497 e. The molecule has 9 nitrogen and oxygen atoms in total. The fourth-order valence-electron chi connectivity index (χ4n) is 3.44. The Labute approximate surface area is 176 Å². The largest absolute Gasteiger partial charge is 0.497 e. The summed E-state index contributed by atoms with van der Waals surface area (Å²) in [5, 5.41) is 14.8. The molecule has 1 heterocycles. The summed E-state index contributed by atoms with van der Waals surface area (Å²) in [6.07, 6.45) is 8.12. The molecule has 0 spiro atoms. The molecule has 1 aromatic carbocycles. The Morgan fingerprint density at radius 3 is 2.10 bits per heavy atom. The number of carboxylic acids is 2. The van der Waals surface area contributed by atoms with Crippen molar-refractivity contribution < 1.29 is 33.0 Å². The molecule has 0 radical (unpaired) electrons. The van der Waals surface area contributed by atoms with E-state index in [1.807, 2.05) is 0 Å². The maximum absolute atomic E-state index is 12.7. The maximum Gasteiger partial charge on any atom is 0.414 e. The van der Waals surface area contributed by atoms with Crippen molar-refractivity contribution in [2.75, 3.05) is 39.8 Å². The van der Waals surface area contributed by atoms with Crippen molar-refractivity contribution in [2.45, 2.75) is 24.2 Å². The van der Waals surface area contributed by atoms with Crippen LogP contribution >= 0.6 is 0 Å². The van der Waals surface area contributed by atoms with E-state index in [1.54, 1.807) is 35.7 Å². The molecule has 3 rings (SSSR count). The van der Waals surface area contributed by atoms with E-state index in [-0.39, 0.29) is 0 Å². The van der Waals surface area contributed by atoms with Gasteiger partial charge >= 0.3 is 11.9 Å². The van der Waals surface area contributed by atoms with Gasteiger partial charge in [0.05, 0.1) is 12.0 Å². The van der Waals surface area contributed by atoms with Gasteiger partial charge < -0.3 is 19.8 Å². The number of ether oxygens (including phenoxy) is 1. The molecule has 0 saturated carbocycles. The van der Waals surface area contributed by atoms with Crippen molar-refractivity contribution in [3.05, 3.63) is 36.4 Å². The number of benzene rings is 1. The number of rotatable bonds is 5. The summed E-state index contributed by atoms with van der Waals surface area (Å²) >= 11 is 0. The van der Waals surface area contributed by atoms with E-state index in [1.165, 1.54) is 12.8 Å². The molecule has 1 aromatic rings. The second-order valence-electron chi connectivity index (χ2n) is 7.14. The van der Waals surface area contributed by atoms with Crippen molar-refractivity contribution in [2.24, 2.45) is 5.92 Å². The van der Waals surface area contributed by atoms with Crippen LogP contribution in [0.4, 0.5) is 0 Å². The maximum atomic E-state index is 12.7. The lowest BCUT2D eigenvalue weighted by Gasteiger charge is -2.36. The average molecular weight is 441 g/mol. The molecule has 0 bridgehead atoms. The number of hydrogen-bond acceptors (Lipinski definition) is 6. The second kappa shape index (κ2) is 11.1. The molecular formula is C20H28N2O7S. The molecule has 1 atom stereocenters. The van der Waals surface area contributed by atoms with Gasteiger partial charge in [0, 0.05) is 32.7 Å². The lowest BCUT2D eigenvalue weighted by molar-refractivity contribution is -0.159. The van der Waals surface area contributed by atoms with Crippen LogP contribution < -0.4 is 4.74 Å². The van der Waals surface area contributed by atoms with Crippen LogP contribution in [-0.4, -0.2) is 79.6 Å². The first-order valence-electron chi connectivity index (χ1n) is 9.71. The first kappa shape index (κ1) is 23.8. The van der Waals surface area contributed by atoms with E-state index < -0.39 is 22.0 Å². The Balaban J connectivity index is 0.000000469. The fraction of sp³-hybridized carbons (Fsp3) is 0.500. The molecule has 0 amide bonds. The third-order valence-electron chi connectivity index (χ3n) is 5.11. The third-order valence-corrected chi connectivity index (χ3v) is 7.02. The lowest BCUT2D eigenvalue weighted by Crippen LogP contribution is -2.49. The predicted molar refractivity (Wildman–Crippen MR) is 110 cm³/mol. The highest BCUT2D eigenvalue weighted by Crippen LogP contribution is 2.23. The van der Waals surface area contributed by atoms with E-state index >= 15 is 0 Å². The van der Waals surface area contributed by atoms with Crippen LogP contribution in [0.1, 0.15) is 19.3 Å². The minimum absolute atomic E-state index is 0.342. The van der Waals surface area contributed by atoms with Crippen LogP contribution in [0.5, 0.6) is 5.75 Å². The average Bonchev–Trinajstić information content (AvgIpc) is 2.75. The predicted octanol–water partition coefficient (Wildman–Crippen LogP) is 1.51. The zero-order chi connectivity index (χ0) is 22.1. The highest BCUT2D eigenvalue weighted by Gasteiger charge is 2.29. The topological polar surface area (TPSA) is 124 Å². The zero-order valence-corrected chi connectivity index (χ0v) is 17.8. The Kier molecular flexibility index (Phi) is 8.82. The van der Waals surface area contributed by atoms with Crippen LogP contribution in [0.3, 0.4) is 0 Å². The highest BCUT2D eigenvalue weighted by molar-refractivity contribution is 7.89. The third kappa shape index (κ3) is 6.82. The summed E-state index contributed by atoms with van der Waals surface area (Å²) in [5.74, 6) is -2.26. The quantitative estimate of drug-likeness (QED) is 0.522. The molecule has 166 valence electrons.